The molecule has 0 aromatic heterocycles. The predicted molar refractivity (Wildman–Crippen MR) is 145 cm³/mol. The summed E-state index contributed by atoms with van der Waals surface area (Å²) >= 11 is 0. The van der Waals surface area contributed by atoms with Gasteiger partial charge >= 0.3 is 0 Å². The van der Waals surface area contributed by atoms with Crippen molar-refractivity contribution in [2.75, 3.05) is 20.6 Å². The molecule has 0 aliphatic rings. The molecule has 0 N–H and O–H groups in total. The normalized spacial score (nSPS) is 11.8. The summed E-state index contributed by atoms with van der Waals surface area (Å²) in [4.78, 5) is 0. The van der Waals surface area contributed by atoms with Gasteiger partial charge in [0.15, 0.2) is 0 Å². The summed E-state index contributed by atoms with van der Waals surface area (Å²) in [6.45, 7) is 3.64. The topological polar surface area (TPSA) is 0 Å². The lowest BCUT2D eigenvalue weighted by molar-refractivity contribution is -0.760. The molecule has 1 rings (SSSR count). The molecule has 1 aromatic carbocycles. The molecular formula is C27H52BrNP+. The summed E-state index contributed by atoms with van der Waals surface area (Å²) in [5.41, 5.74) is 1.49. The van der Waals surface area contributed by atoms with Crippen molar-refractivity contribution in [3.8, 4) is 0 Å². The van der Waals surface area contributed by atoms with Gasteiger partial charge in [0, 0.05) is 6.16 Å². The van der Waals surface area contributed by atoms with Crippen molar-refractivity contribution in [2.45, 2.75) is 116 Å². The lowest BCUT2D eigenvalue weighted by Crippen LogP contribution is -2.31. The van der Waals surface area contributed by atoms with Crippen LogP contribution in [0.4, 0.5) is 0 Å². The third-order valence-corrected chi connectivity index (χ3v) is 7.77. The molecule has 176 valence electrons. The van der Waals surface area contributed by atoms with E-state index in [1.165, 1.54) is 125 Å². The lowest BCUT2D eigenvalue weighted by atomic mass is 10.0. The largest absolute Gasteiger partial charge is 0.317 e. The van der Waals surface area contributed by atoms with Crippen LogP contribution in [0.5, 0.6) is 0 Å². The first-order chi connectivity index (χ1) is 14.1. The molecule has 0 aliphatic carbocycles. The van der Waals surface area contributed by atoms with E-state index in [-0.39, 0.29) is 17.0 Å². The van der Waals surface area contributed by atoms with Crippen molar-refractivity contribution >= 4 is 25.7 Å². The highest BCUT2D eigenvalue weighted by Gasteiger charge is 2.14. The zero-order valence-electron chi connectivity index (χ0n) is 20.5. The minimum Gasteiger partial charge on any atom is -0.317 e. The van der Waals surface area contributed by atoms with Crippen LogP contribution in [0.25, 0.3) is 0 Å². The molecule has 0 bridgehead atoms. The van der Waals surface area contributed by atoms with Crippen molar-refractivity contribution < 1.29 is 4.25 Å². The Morgan fingerprint density at radius 3 is 1.43 bits per heavy atom. The number of quaternary nitrogens is 1. The van der Waals surface area contributed by atoms with E-state index in [2.05, 4.69) is 51.4 Å². The molecular weight excluding hydrogens is 449 g/mol. The molecule has 1 aromatic rings. The zero-order valence-corrected chi connectivity index (χ0v) is 23.2. The van der Waals surface area contributed by atoms with Gasteiger partial charge in [0.1, 0.15) is 0 Å². The summed E-state index contributed by atoms with van der Waals surface area (Å²) in [7, 11) is 5.80. The van der Waals surface area contributed by atoms with E-state index in [0.29, 0.717) is 0 Å². The molecule has 0 fully saturated rings. The van der Waals surface area contributed by atoms with Crippen LogP contribution in [-0.2, 0) is 6.16 Å². The number of hydrogen-bond acceptors (Lipinski definition) is 0. The Kier molecular flexibility index (Phi) is 21.0. The van der Waals surface area contributed by atoms with Gasteiger partial charge in [0.05, 0.1) is 29.4 Å². The highest BCUT2D eigenvalue weighted by Crippen LogP contribution is 2.29. The predicted octanol–water partition coefficient (Wildman–Crippen LogP) is 9.70. The Morgan fingerprint density at radius 2 is 1.00 bits per heavy atom. The van der Waals surface area contributed by atoms with E-state index < -0.39 is 0 Å². The van der Waals surface area contributed by atoms with Crippen LogP contribution < -0.4 is 0 Å². The summed E-state index contributed by atoms with van der Waals surface area (Å²) in [6.07, 6.45) is 24.5. The Bertz CT molecular complexity index is 463. The summed E-state index contributed by atoms with van der Waals surface area (Å²) in [6, 6.07) is 11.0. The lowest BCUT2D eigenvalue weighted by Gasteiger charge is -2.29. The highest BCUT2D eigenvalue weighted by molar-refractivity contribution is 8.93. The van der Waals surface area contributed by atoms with Gasteiger partial charge in [-0.15, -0.1) is 17.0 Å². The van der Waals surface area contributed by atoms with Gasteiger partial charge in [-0.3, -0.25) is 0 Å². The third kappa shape index (κ3) is 18.8. The van der Waals surface area contributed by atoms with E-state index in [4.69, 9.17) is 0 Å². The van der Waals surface area contributed by atoms with Gasteiger partial charge in [-0.2, -0.15) is 0 Å². The van der Waals surface area contributed by atoms with E-state index in [9.17, 15) is 0 Å². The molecule has 0 radical (unpaired) electrons. The SMILES string of the molecule is Br.CCCCCCCCCCCCCCCCCC[N+](C)(C)PCc1ccccc1. The Labute approximate surface area is 202 Å². The van der Waals surface area contributed by atoms with Crippen LogP contribution in [-0.4, -0.2) is 24.9 Å². The Morgan fingerprint density at radius 1 is 0.600 bits per heavy atom. The molecule has 1 nitrogen and oxygen atoms in total. The van der Waals surface area contributed by atoms with Crippen LogP contribution in [0.2, 0.25) is 0 Å². The highest BCUT2D eigenvalue weighted by atomic mass is 79.9. The molecule has 1 unspecified atom stereocenters. The minimum absolute atomic E-state index is 0. The standard InChI is InChI=1S/C27H51NP.BrH/c1-4-5-6-7-8-9-10-11-12-13-14-15-16-17-18-22-25-28(2,3)29-26-27-23-20-19-21-24-27;/h19-21,23-24,29H,4-18,22,25-26H2,1-3H3;1H/q+1;. The first-order valence-electron chi connectivity index (χ1n) is 12.8. The van der Waals surface area contributed by atoms with Crippen molar-refractivity contribution in [1.29, 1.82) is 0 Å². The van der Waals surface area contributed by atoms with E-state index in [1.54, 1.807) is 0 Å². The molecule has 3 heteroatoms. The maximum Gasteiger partial charge on any atom is 0.0933 e. The Hall–Kier alpha value is 0.0900. The van der Waals surface area contributed by atoms with Crippen molar-refractivity contribution in [1.82, 2.24) is 0 Å². The van der Waals surface area contributed by atoms with Crippen molar-refractivity contribution in [3.05, 3.63) is 35.9 Å². The second kappa shape index (κ2) is 21.0. The molecule has 0 spiro atoms. The fourth-order valence-corrected chi connectivity index (χ4v) is 5.20. The van der Waals surface area contributed by atoms with Crippen LogP contribution in [0, 0.1) is 0 Å². The second-order valence-corrected chi connectivity index (χ2v) is 11.4. The molecule has 0 saturated carbocycles. The molecule has 0 saturated heterocycles. The number of nitrogens with zero attached hydrogens (tertiary/aromatic N) is 1. The zero-order chi connectivity index (χ0) is 21.0. The maximum absolute atomic E-state index is 2.41. The van der Waals surface area contributed by atoms with E-state index in [0.717, 1.165) is 8.73 Å². The van der Waals surface area contributed by atoms with Gasteiger partial charge < -0.3 is 4.25 Å². The monoisotopic (exact) mass is 500 g/mol. The summed E-state index contributed by atoms with van der Waals surface area (Å²) in [5, 5.41) is 0. The number of hydrogen-bond donors (Lipinski definition) is 0. The van der Waals surface area contributed by atoms with Crippen LogP contribution in [0.3, 0.4) is 0 Å². The van der Waals surface area contributed by atoms with Gasteiger partial charge in [-0.1, -0.05) is 127 Å². The first-order valence-corrected chi connectivity index (χ1v) is 13.9. The number of unbranched alkanes of at least 4 members (excludes halogenated alkanes) is 15. The fourth-order valence-electron chi connectivity index (χ4n) is 4.04. The van der Waals surface area contributed by atoms with Crippen molar-refractivity contribution in [3.63, 3.8) is 0 Å². The average molecular weight is 502 g/mol. The fraction of sp³-hybridized carbons (Fsp3) is 0.778. The van der Waals surface area contributed by atoms with Crippen molar-refractivity contribution in [2.24, 2.45) is 0 Å². The van der Waals surface area contributed by atoms with Gasteiger partial charge in [-0.25, -0.2) is 0 Å². The van der Waals surface area contributed by atoms with E-state index >= 15 is 0 Å². The minimum atomic E-state index is 0. The number of benzene rings is 1. The average Bonchev–Trinajstić information content (AvgIpc) is 2.73. The van der Waals surface area contributed by atoms with Crippen LogP contribution >= 0.6 is 25.7 Å². The third-order valence-electron chi connectivity index (χ3n) is 6.12. The van der Waals surface area contributed by atoms with E-state index in [1.807, 2.05) is 0 Å². The van der Waals surface area contributed by atoms with Gasteiger partial charge in [0.2, 0.25) is 0 Å². The number of halogens is 1. The summed E-state index contributed by atoms with van der Waals surface area (Å²) in [5.74, 6) is 0. The molecule has 0 heterocycles. The van der Waals surface area contributed by atoms with Crippen LogP contribution in [0.15, 0.2) is 30.3 Å². The molecule has 0 aliphatic heterocycles. The summed E-state index contributed by atoms with van der Waals surface area (Å²) < 4.78 is 1.19. The molecule has 0 amide bonds. The Balaban J connectivity index is 0.00000841. The number of rotatable bonds is 20. The molecule has 1 atom stereocenters. The van der Waals surface area contributed by atoms with Gasteiger partial charge in [-0.05, 0) is 18.4 Å². The smallest absolute Gasteiger partial charge is 0.0933 e. The maximum atomic E-state index is 2.41. The van der Waals surface area contributed by atoms with Gasteiger partial charge in [0.25, 0.3) is 0 Å². The quantitative estimate of drug-likeness (QED) is 0.123. The molecule has 30 heavy (non-hydrogen) atoms. The van der Waals surface area contributed by atoms with Crippen LogP contribution in [0.1, 0.15) is 115 Å². The second-order valence-electron chi connectivity index (χ2n) is 9.53. The first kappa shape index (κ1) is 30.1.